The average molecular weight is 230 g/mol. The van der Waals surface area contributed by atoms with Crippen LogP contribution in [0.5, 0.6) is 0 Å². The molecule has 0 heterocycles. The highest BCUT2D eigenvalue weighted by Gasteiger charge is 2.38. The van der Waals surface area contributed by atoms with Gasteiger partial charge >= 0.3 is 5.97 Å². The predicted octanol–water partition coefficient (Wildman–Crippen LogP) is 2.67. The zero-order valence-corrected chi connectivity index (χ0v) is 11.3. The van der Waals surface area contributed by atoms with Gasteiger partial charge in [0.1, 0.15) is 0 Å². The molecule has 0 saturated heterocycles. The highest BCUT2D eigenvalue weighted by atomic mass is 28.4. The number of hydrogen-bond donors (Lipinski definition) is 0. The lowest BCUT2D eigenvalue weighted by Gasteiger charge is -2.29. The van der Waals surface area contributed by atoms with Crippen molar-refractivity contribution in [3.8, 4) is 0 Å². The average Bonchev–Trinajstić information content (AvgIpc) is 2.25. The summed E-state index contributed by atoms with van der Waals surface area (Å²) < 4.78 is 10.8. The molecule has 3 nitrogen and oxygen atoms in total. The minimum atomic E-state index is -2.12. The fraction of sp³-hybridized carbons (Fsp3) is 0.727. The second-order valence-corrected chi connectivity index (χ2v) is 7.63. The second kappa shape index (κ2) is 6.79. The Labute approximate surface area is 93.6 Å². The van der Waals surface area contributed by atoms with E-state index >= 15 is 0 Å². The lowest BCUT2D eigenvalue weighted by atomic mass is 10.6. The molecule has 0 radical (unpaired) electrons. The summed E-state index contributed by atoms with van der Waals surface area (Å²) in [5.41, 5.74) is 0. The van der Waals surface area contributed by atoms with E-state index in [0.717, 1.165) is 12.1 Å². The van der Waals surface area contributed by atoms with E-state index in [-0.39, 0.29) is 5.97 Å². The number of ether oxygens (including phenoxy) is 1. The van der Waals surface area contributed by atoms with Crippen LogP contribution in [0.4, 0.5) is 0 Å². The van der Waals surface area contributed by atoms with Crippen LogP contribution in [0.25, 0.3) is 0 Å². The van der Waals surface area contributed by atoms with Gasteiger partial charge in [-0.2, -0.15) is 0 Å². The van der Waals surface area contributed by atoms with E-state index in [0.29, 0.717) is 18.4 Å². The van der Waals surface area contributed by atoms with Crippen LogP contribution in [0, 0.1) is 0 Å². The topological polar surface area (TPSA) is 35.5 Å². The number of rotatable bonds is 7. The summed E-state index contributed by atoms with van der Waals surface area (Å²) in [6.45, 7) is 12.7. The molecule has 0 unspecified atom stereocenters. The maximum atomic E-state index is 11.6. The van der Waals surface area contributed by atoms with Crippen LogP contribution < -0.4 is 0 Å². The van der Waals surface area contributed by atoms with Gasteiger partial charge in [-0.15, -0.1) is 0 Å². The summed E-state index contributed by atoms with van der Waals surface area (Å²) in [6, 6.07) is 1.74. The molecule has 0 fully saturated rings. The molecule has 0 aromatic carbocycles. The molecule has 0 saturated carbocycles. The van der Waals surface area contributed by atoms with Crippen LogP contribution in [-0.2, 0) is 14.0 Å². The van der Waals surface area contributed by atoms with Crippen molar-refractivity contribution in [2.24, 2.45) is 0 Å². The highest BCUT2D eigenvalue weighted by molar-refractivity contribution is 6.84. The lowest BCUT2D eigenvalue weighted by molar-refractivity contribution is -0.137. The largest absolute Gasteiger partial charge is 0.463 e. The molecule has 0 spiro atoms. The molecular weight excluding hydrogens is 208 g/mol. The van der Waals surface area contributed by atoms with Crippen LogP contribution in [0.2, 0.25) is 12.1 Å². The van der Waals surface area contributed by atoms with Gasteiger partial charge in [0, 0.05) is 11.8 Å². The van der Waals surface area contributed by atoms with E-state index in [1.165, 1.54) is 0 Å². The normalized spacial score (nSPS) is 11.2. The Morgan fingerprint density at radius 2 is 1.67 bits per heavy atom. The minimum absolute atomic E-state index is 0.290. The van der Waals surface area contributed by atoms with Crippen molar-refractivity contribution >= 4 is 14.3 Å². The monoisotopic (exact) mass is 230 g/mol. The molecule has 0 atom stereocenters. The molecule has 15 heavy (non-hydrogen) atoms. The maximum Gasteiger partial charge on any atom is 0.331 e. The Hall–Kier alpha value is -0.613. The Morgan fingerprint density at radius 3 is 2.00 bits per heavy atom. The van der Waals surface area contributed by atoms with Crippen molar-refractivity contribution in [3.63, 3.8) is 0 Å². The summed E-state index contributed by atoms with van der Waals surface area (Å²) in [6.07, 6.45) is 0. The number of carbonyl (C=O) groups is 1. The predicted molar refractivity (Wildman–Crippen MR) is 64.1 cm³/mol. The fourth-order valence-corrected chi connectivity index (χ4v) is 4.58. The van der Waals surface area contributed by atoms with E-state index in [4.69, 9.17) is 9.16 Å². The van der Waals surface area contributed by atoms with Gasteiger partial charge in [-0.1, -0.05) is 20.4 Å². The third-order valence-corrected chi connectivity index (χ3v) is 7.06. The highest BCUT2D eigenvalue weighted by Crippen LogP contribution is 2.25. The molecule has 0 aromatic rings. The molecule has 0 rings (SSSR count). The van der Waals surface area contributed by atoms with Crippen LogP contribution in [0.1, 0.15) is 27.7 Å². The van der Waals surface area contributed by atoms with Crippen molar-refractivity contribution < 1.29 is 14.0 Å². The molecular formula is C11H22O3Si. The number of hydrogen-bond acceptors (Lipinski definition) is 3. The van der Waals surface area contributed by atoms with Gasteiger partial charge in [0.2, 0.25) is 8.32 Å². The lowest BCUT2D eigenvalue weighted by Crippen LogP contribution is -2.42. The zero-order valence-electron chi connectivity index (χ0n) is 10.3. The fourth-order valence-electron chi connectivity index (χ4n) is 1.65. The number of esters is 1. The van der Waals surface area contributed by atoms with Gasteiger partial charge in [0.05, 0.1) is 6.61 Å². The third-order valence-electron chi connectivity index (χ3n) is 2.63. The smallest absolute Gasteiger partial charge is 0.331 e. The summed E-state index contributed by atoms with van der Waals surface area (Å²) in [7, 11) is -2.12. The molecule has 4 heteroatoms. The summed E-state index contributed by atoms with van der Waals surface area (Å²) in [5, 5.41) is 0.566. The Balaban J connectivity index is 4.74. The van der Waals surface area contributed by atoms with Crippen molar-refractivity contribution in [3.05, 3.63) is 11.8 Å². The Bertz CT molecular complexity index is 222. The van der Waals surface area contributed by atoms with Crippen LogP contribution >= 0.6 is 0 Å². The molecule has 0 N–H and O–H groups in total. The molecule has 0 aliphatic rings. The third kappa shape index (κ3) is 3.46. The van der Waals surface area contributed by atoms with Gasteiger partial charge in [-0.3, -0.25) is 0 Å². The first-order valence-corrected chi connectivity index (χ1v) is 7.90. The Morgan fingerprint density at radius 1 is 1.13 bits per heavy atom. The molecule has 0 bridgehead atoms. The summed E-state index contributed by atoms with van der Waals surface area (Å²) >= 11 is 0. The molecule has 0 aliphatic carbocycles. The van der Waals surface area contributed by atoms with Crippen molar-refractivity contribution in [1.29, 1.82) is 0 Å². The molecule has 0 amide bonds. The molecule has 88 valence electrons. The first-order valence-electron chi connectivity index (χ1n) is 5.58. The van der Waals surface area contributed by atoms with Gasteiger partial charge in [-0.05, 0) is 25.9 Å². The van der Waals surface area contributed by atoms with E-state index < -0.39 is 8.32 Å². The van der Waals surface area contributed by atoms with Crippen molar-refractivity contribution in [1.82, 2.24) is 0 Å². The SMILES string of the molecule is C=C(C(=O)OCC)[Si](CC)(CC)OCC. The number of carbonyl (C=O) groups excluding carboxylic acids is 1. The van der Waals surface area contributed by atoms with Crippen LogP contribution in [0.3, 0.4) is 0 Å². The maximum absolute atomic E-state index is 11.6. The van der Waals surface area contributed by atoms with Gasteiger partial charge in [-0.25, -0.2) is 4.79 Å². The first kappa shape index (κ1) is 14.4. The first-order chi connectivity index (χ1) is 7.07. The standard InChI is InChI=1S/C11H22O3Si/c1-6-13-11(12)10(5)15(8-3,9-4)14-7-2/h5-9H2,1-4H3. The van der Waals surface area contributed by atoms with Gasteiger partial charge in [0.25, 0.3) is 0 Å². The second-order valence-electron chi connectivity index (χ2n) is 3.33. The van der Waals surface area contributed by atoms with Crippen LogP contribution in [0.15, 0.2) is 11.8 Å². The molecule has 0 aromatic heterocycles. The van der Waals surface area contributed by atoms with Gasteiger partial charge in [0.15, 0.2) is 0 Å². The summed E-state index contributed by atoms with van der Waals surface area (Å²) in [5.74, 6) is -0.290. The molecule has 0 aliphatic heterocycles. The minimum Gasteiger partial charge on any atom is -0.463 e. The van der Waals surface area contributed by atoms with E-state index in [1.807, 2.05) is 6.92 Å². The van der Waals surface area contributed by atoms with Crippen molar-refractivity contribution in [2.45, 2.75) is 39.8 Å². The van der Waals surface area contributed by atoms with E-state index in [9.17, 15) is 4.79 Å². The van der Waals surface area contributed by atoms with Crippen LogP contribution in [-0.4, -0.2) is 27.5 Å². The van der Waals surface area contributed by atoms with Gasteiger partial charge < -0.3 is 9.16 Å². The zero-order chi connectivity index (χ0) is 11.9. The van der Waals surface area contributed by atoms with E-state index in [2.05, 4.69) is 20.4 Å². The summed E-state index contributed by atoms with van der Waals surface area (Å²) in [4.78, 5) is 11.6. The van der Waals surface area contributed by atoms with Crippen molar-refractivity contribution in [2.75, 3.05) is 13.2 Å². The quantitative estimate of drug-likeness (QED) is 0.383. The Kier molecular flexibility index (Phi) is 6.52. The van der Waals surface area contributed by atoms with E-state index in [1.54, 1.807) is 6.92 Å².